The lowest BCUT2D eigenvalue weighted by atomic mass is 9.70. The molecule has 0 fully saturated rings. The number of benzene rings is 1. The minimum atomic E-state index is 0.302. The van der Waals surface area contributed by atoms with Crippen LogP contribution >= 0.6 is 0 Å². The van der Waals surface area contributed by atoms with Gasteiger partial charge < -0.3 is 10.2 Å². The monoisotopic (exact) mass is 202 g/mol. The van der Waals surface area contributed by atoms with Crippen molar-refractivity contribution < 1.29 is 10.2 Å². The number of phenols is 2. The molecule has 0 radical (unpaired) electrons. The predicted molar refractivity (Wildman–Crippen MR) is 58.4 cm³/mol. The minimum Gasteiger partial charge on any atom is -0.508 e. The summed E-state index contributed by atoms with van der Waals surface area (Å²) in [5.74, 6) is 1.33. The molecular formula is C13H14O2. The molecule has 1 aromatic rings. The van der Waals surface area contributed by atoms with Crippen molar-refractivity contribution >= 4 is 0 Å². The molecule has 15 heavy (non-hydrogen) atoms. The molecule has 0 amide bonds. The highest BCUT2D eigenvalue weighted by molar-refractivity contribution is 5.60. The number of phenolic OH excluding ortho intramolecular Hbond substituents is 2. The average Bonchev–Trinajstić information content (AvgIpc) is 2.26. The van der Waals surface area contributed by atoms with Crippen molar-refractivity contribution in [3.63, 3.8) is 0 Å². The van der Waals surface area contributed by atoms with Crippen LogP contribution in [-0.2, 0) is 0 Å². The molecule has 3 aliphatic carbocycles. The zero-order valence-electron chi connectivity index (χ0n) is 8.70. The Balaban J connectivity index is 2.33. The summed E-state index contributed by atoms with van der Waals surface area (Å²) in [6.07, 6.45) is 6.49. The van der Waals surface area contributed by atoms with Crippen LogP contribution in [0.4, 0.5) is 0 Å². The van der Waals surface area contributed by atoms with Crippen LogP contribution in [0.25, 0.3) is 0 Å². The molecule has 3 aliphatic rings. The number of rotatable bonds is 0. The molecule has 2 nitrogen and oxygen atoms in total. The lowest BCUT2D eigenvalue weighted by molar-refractivity contribution is 0.418. The maximum absolute atomic E-state index is 10.0. The van der Waals surface area contributed by atoms with E-state index in [1.54, 1.807) is 6.07 Å². The standard InChI is InChI=1S/C13H14O2/c1-7-6-10(14)11-8-2-4-9(5-3-8)12(11)13(7)15/h2,4,6,8-9,14-15H,3,5H2,1H3/t8-,9+/m1/s1. The summed E-state index contributed by atoms with van der Waals surface area (Å²) in [7, 11) is 0. The number of aromatic hydroxyl groups is 2. The summed E-state index contributed by atoms with van der Waals surface area (Å²) >= 11 is 0. The van der Waals surface area contributed by atoms with Crippen molar-refractivity contribution in [1.29, 1.82) is 0 Å². The van der Waals surface area contributed by atoms with Gasteiger partial charge in [-0.05, 0) is 31.4 Å². The van der Waals surface area contributed by atoms with Crippen molar-refractivity contribution in [3.05, 3.63) is 34.9 Å². The maximum atomic E-state index is 10.0. The fourth-order valence-electron chi connectivity index (χ4n) is 2.90. The minimum absolute atomic E-state index is 0.302. The Morgan fingerprint density at radius 1 is 1.07 bits per heavy atom. The van der Waals surface area contributed by atoms with Gasteiger partial charge in [0.2, 0.25) is 0 Å². The van der Waals surface area contributed by atoms with Gasteiger partial charge >= 0.3 is 0 Å². The molecule has 0 aliphatic heterocycles. The van der Waals surface area contributed by atoms with E-state index < -0.39 is 0 Å². The smallest absolute Gasteiger partial charge is 0.122 e. The van der Waals surface area contributed by atoms with Gasteiger partial charge in [-0.1, -0.05) is 12.2 Å². The summed E-state index contributed by atoms with van der Waals surface area (Å²) in [5, 5.41) is 20.0. The van der Waals surface area contributed by atoms with Crippen LogP contribution in [0.2, 0.25) is 0 Å². The van der Waals surface area contributed by atoms with Crippen LogP contribution in [0.3, 0.4) is 0 Å². The van der Waals surface area contributed by atoms with Crippen molar-refractivity contribution in [2.24, 2.45) is 0 Å². The van der Waals surface area contributed by atoms with Gasteiger partial charge in [0, 0.05) is 23.0 Å². The molecule has 0 saturated heterocycles. The van der Waals surface area contributed by atoms with Gasteiger partial charge in [0.25, 0.3) is 0 Å². The Kier molecular flexibility index (Phi) is 1.64. The van der Waals surface area contributed by atoms with E-state index in [-0.39, 0.29) is 0 Å². The Morgan fingerprint density at radius 3 is 2.27 bits per heavy atom. The number of fused-ring (bicyclic) bond motifs is 1. The quantitative estimate of drug-likeness (QED) is 0.501. The van der Waals surface area contributed by atoms with Crippen LogP contribution in [0.1, 0.15) is 41.4 Å². The fourth-order valence-corrected chi connectivity index (χ4v) is 2.90. The van der Waals surface area contributed by atoms with E-state index in [2.05, 4.69) is 12.2 Å². The van der Waals surface area contributed by atoms with Crippen LogP contribution in [0, 0.1) is 6.92 Å². The van der Waals surface area contributed by atoms with E-state index in [0.29, 0.717) is 23.3 Å². The summed E-state index contributed by atoms with van der Waals surface area (Å²) in [6, 6.07) is 1.67. The number of aryl methyl sites for hydroxylation is 1. The largest absolute Gasteiger partial charge is 0.508 e. The number of allylic oxidation sites excluding steroid dienone is 2. The van der Waals surface area contributed by atoms with Crippen molar-refractivity contribution in [3.8, 4) is 11.5 Å². The molecule has 2 atom stereocenters. The Morgan fingerprint density at radius 2 is 1.67 bits per heavy atom. The molecule has 0 spiro atoms. The Labute approximate surface area is 88.9 Å². The van der Waals surface area contributed by atoms with Crippen molar-refractivity contribution in [2.75, 3.05) is 0 Å². The first kappa shape index (κ1) is 8.84. The van der Waals surface area contributed by atoms with Crippen LogP contribution in [-0.4, -0.2) is 10.2 Å². The van der Waals surface area contributed by atoms with E-state index in [9.17, 15) is 10.2 Å². The first-order valence-corrected chi connectivity index (χ1v) is 5.42. The van der Waals surface area contributed by atoms with Crippen molar-refractivity contribution in [1.82, 2.24) is 0 Å². The van der Waals surface area contributed by atoms with Crippen molar-refractivity contribution in [2.45, 2.75) is 31.6 Å². The lowest BCUT2D eigenvalue weighted by Gasteiger charge is -2.34. The van der Waals surface area contributed by atoms with Gasteiger partial charge in [-0.3, -0.25) is 0 Å². The third-order valence-electron chi connectivity index (χ3n) is 3.65. The molecule has 0 heterocycles. The molecule has 2 heteroatoms. The summed E-state index contributed by atoms with van der Waals surface area (Å²) in [6.45, 7) is 1.83. The molecule has 0 aromatic heterocycles. The second-order valence-corrected chi connectivity index (χ2v) is 4.56. The first-order valence-electron chi connectivity index (χ1n) is 5.42. The highest BCUT2D eigenvalue weighted by Gasteiger charge is 2.33. The second-order valence-electron chi connectivity index (χ2n) is 4.56. The normalized spacial score (nSPS) is 26.7. The number of hydrogen-bond donors (Lipinski definition) is 2. The third-order valence-corrected chi connectivity index (χ3v) is 3.65. The van der Waals surface area contributed by atoms with E-state index >= 15 is 0 Å². The van der Waals surface area contributed by atoms with Gasteiger partial charge in [-0.25, -0.2) is 0 Å². The average molecular weight is 202 g/mol. The highest BCUT2D eigenvalue weighted by Crippen LogP contribution is 2.52. The highest BCUT2D eigenvalue weighted by atomic mass is 16.3. The number of hydrogen-bond acceptors (Lipinski definition) is 2. The van der Waals surface area contributed by atoms with E-state index in [1.807, 2.05) is 6.92 Å². The van der Waals surface area contributed by atoms with E-state index in [4.69, 9.17) is 0 Å². The topological polar surface area (TPSA) is 40.5 Å². The summed E-state index contributed by atoms with van der Waals surface area (Å²) in [4.78, 5) is 0. The van der Waals surface area contributed by atoms with Gasteiger partial charge in [0.15, 0.2) is 0 Å². The molecule has 2 bridgehead atoms. The van der Waals surface area contributed by atoms with E-state index in [0.717, 1.165) is 29.5 Å². The zero-order valence-corrected chi connectivity index (χ0v) is 8.70. The zero-order chi connectivity index (χ0) is 10.6. The van der Waals surface area contributed by atoms with Crippen LogP contribution in [0.5, 0.6) is 11.5 Å². The van der Waals surface area contributed by atoms with Gasteiger partial charge in [0.1, 0.15) is 11.5 Å². The molecule has 0 saturated carbocycles. The Bertz CT molecular complexity index is 460. The van der Waals surface area contributed by atoms with Gasteiger partial charge in [-0.2, -0.15) is 0 Å². The molecule has 78 valence electrons. The fraction of sp³-hybridized carbons (Fsp3) is 0.385. The summed E-state index contributed by atoms with van der Waals surface area (Å²) in [5.41, 5.74) is 2.69. The van der Waals surface area contributed by atoms with E-state index in [1.165, 1.54) is 0 Å². The molecule has 1 aromatic carbocycles. The lowest BCUT2D eigenvalue weighted by Crippen LogP contribution is -2.17. The molecule has 2 N–H and O–H groups in total. The maximum Gasteiger partial charge on any atom is 0.122 e. The molecule has 0 unspecified atom stereocenters. The summed E-state index contributed by atoms with van der Waals surface area (Å²) < 4.78 is 0. The third kappa shape index (κ3) is 1.05. The molecule has 4 rings (SSSR count). The molecular weight excluding hydrogens is 188 g/mol. The first-order chi connectivity index (χ1) is 7.18. The van der Waals surface area contributed by atoms with Gasteiger partial charge in [0.05, 0.1) is 0 Å². The van der Waals surface area contributed by atoms with Crippen LogP contribution in [0.15, 0.2) is 18.2 Å². The predicted octanol–water partition coefficient (Wildman–Crippen LogP) is 2.94. The SMILES string of the molecule is Cc1cc(O)c2c(c1O)[C@H]1C=C[C@@H]2CC1. The van der Waals surface area contributed by atoms with Crippen LogP contribution < -0.4 is 0 Å². The van der Waals surface area contributed by atoms with Gasteiger partial charge in [-0.15, -0.1) is 0 Å². The second kappa shape index (κ2) is 2.78. The Hall–Kier alpha value is -1.44.